The van der Waals surface area contributed by atoms with Gasteiger partial charge in [0.1, 0.15) is 5.82 Å². The van der Waals surface area contributed by atoms with Crippen LogP contribution < -0.4 is 11.3 Å². The van der Waals surface area contributed by atoms with Crippen molar-refractivity contribution in [3.8, 4) is 0 Å². The zero-order chi connectivity index (χ0) is 11.4. The second-order valence-corrected chi connectivity index (χ2v) is 4.35. The maximum Gasteiger partial charge on any atom is 0.140 e. The van der Waals surface area contributed by atoms with E-state index in [0.29, 0.717) is 5.82 Å². The van der Waals surface area contributed by atoms with Gasteiger partial charge in [-0.2, -0.15) is 5.10 Å². The Morgan fingerprint density at radius 2 is 2.38 bits per heavy atom. The second kappa shape index (κ2) is 5.00. The third kappa shape index (κ3) is 2.74. The van der Waals surface area contributed by atoms with Crippen molar-refractivity contribution in [3.63, 3.8) is 0 Å². The van der Waals surface area contributed by atoms with Gasteiger partial charge in [-0.15, -0.1) is 11.8 Å². The largest absolute Gasteiger partial charge is 0.308 e. The molecule has 2 heterocycles. The molecule has 3 N–H and O–H groups in total. The summed E-state index contributed by atoms with van der Waals surface area (Å²) in [5, 5.41) is 4.11. The molecule has 0 saturated carbocycles. The van der Waals surface area contributed by atoms with Crippen LogP contribution in [-0.2, 0) is 12.8 Å². The molecular weight excluding hydrogens is 222 g/mol. The fourth-order valence-corrected chi connectivity index (χ4v) is 2.10. The normalized spacial score (nSPS) is 10.4. The molecule has 2 aromatic rings. The fraction of sp³-hybridized carbons (Fsp3) is 0.200. The van der Waals surface area contributed by atoms with Crippen LogP contribution in [0.5, 0.6) is 0 Å². The van der Waals surface area contributed by atoms with Crippen LogP contribution in [0.4, 0.5) is 5.82 Å². The highest BCUT2D eigenvalue weighted by Crippen LogP contribution is 2.21. The third-order valence-corrected chi connectivity index (χ3v) is 3.01. The summed E-state index contributed by atoms with van der Waals surface area (Å²) >= 11 is 1.70. The van der Waals surface area contributed by atoms with E-state index in [1.54, 1.807) is 16.4 Å². The maximum absolute atomic E-state index is 5.30. The maximum atomic E-state index is 5.30. The molecule has 84 valence electrons. The van der Waals surface area contributed by atoms with Crippen molar-refractivity contribution >= 4 is 17.6 Å². The molecule has 0 saturated heterocycles. The van der Waals surface area contributed by atoms with E-state index in [1.165, 1.54) is 0 Å². The highest BCUT2D eigenvalue weighted by Gasteiger charge is 2.00. The summed E-state index contributed by atoms with van der Waals surface area (Å²) in [4.78, 5) is 5.46. The van der Waals surface area contributed by atoms with E-state index in [0.717, 1.165) is 16.3 Å². The van der Waals surface area contributed by atoms with Crippen molar-refractivity contribution in [1.29, 1.82) is 0 Å². The standard InChI is InChI=1S/C10H13N5S/c1-15-6-9(5-12-15)16-7-8-3-2-4-10(13-8)14-11/h2-6H,7,11H2,1H3,(H,13,14). The molecule has 0 aliphatic heterocycles. The summed E-state index contributed by atoms with van der Waals surface area (Å²) in [6.45, 7) is 0. The summed E-state index contributed by atoms with van der Waals surface area (Å²) < 4.78 is 1.79. The summed E-state index contributed by atoms with van der Waals surface area (Å²) in [7, 11) is 1.90. The Hall–Kier alpha value is -1.53. The first-order valence-corrected chi connectivity index (χ1v) is 5.80. The van der Waals surface area contributed by atoms with Crippen molar-refractivity contribution in [1.82, 2.24) is 14.8 Å². The molecule has 0 aliphatic carbocycles. The van der Waals surface area contributed by atoms with Gasteiger partial charge in [-0.1, -0.05) is 6.07 Å². The number of hydrogen-bond acceptors (Lipinski definition) is 5. The Bertz CT molecular complexity index is 468. The predicted octanol–water partition coefficient (Wildman–Crippen LogP) is 1.39. The van der Waals surface area contributed by atoms with E-state index < -0.39 is 0 Å². The number of aryl methyl sites for hydroxylation is 1. The third-order valence-electron chi connectivity index (χ3n) is 2.02. The van der Waals surface area contributed by atoms with Crippen LogP contribution >= 0.6 is 11.8 Å². The molecule has 2 rings (SSSR count). The molecule has 6 heteroatoms. The number of nitrogens with zero attached hydrogens (tertiary/aromatic N) is 3. The Labute approximate surface area is 98.0 Å². The van der Waals surface area contributed by atoms with Crippen LogP contribution in [0.3, 0.4) is 0 Å². The number of hydrazine groups is 1. The second-order valence-electron chi connectivity index (χ2n) is 3.30. The fourth-order valence-electron chi connectivity index (χ4n) is 1.27. The van der Waals surface area contributed by atoms with E-state index in [-0.39, 0.29) is 0 Å². The summed E-state index contributed by atoms with van der Waals surface area (Å²) in [5.74, 6) is 6.79. The van der Waals surface area contributed by atoms with Gasteiger partial charge in [-0.05, 0) is 12.1 Å². The van der Waals surface area contributed by atoms with Gasteiger partial charge in [0.15, 0.2) is 0 Å². The van der Waals surface area contributed by atoms with Gasteiger partial charge in [0.25, 0.3) is 0 Å². The van der Waals surface area contributed by atoms with E-state index in [2.05, 4.69) is 15.5 Å². The number of nitrogen functional groups attached to an aromatic ring is 1. The predicted molar refractivity (Wildman–Crippen MR) is 64.8 cm³/mol. The zero-order valence-corrected chi connectivity index (χ0v) is 9.74. The van der Waals surface area contributed by atoms with Crippen LogP contribution in [-0.4, -0.2) is 14.8 Å². The Balaban J connectivity index is 1.99. The molecule has 0 unspecified atom stereocenters. The lowest BCUT2D eigenvalue weighted by molar-refractivity contribution is 0.766. The zero-order valence-electron chi connectivity index (χ0n) is 8.92. The van der Waals surface area contributed by atoms with Crippen molar-refractivity contribution in [2.45, 2.75) is 10.6 Å². The minimum Gasteiger partial charge on any atom is -0.308 e. The number of nitrogens with two attached hydrogens (primary N) is 1. The van der Waals surface area contributed by atoms with E-state index in [4.69, 9.17) is 5.84 Å². The first-order valence-electron chi connectivity index (χ1n) is 4.82. The van der Waals surface area contributed by atoms with E-state index in [1.807, 2.05) is 37.6 Å². The highest BCUT2D eigenvalue weighted by atomic mass is 32.2. The number of pyridine rings is 1. The Morgan fingerprint density at radius 1 is 1.50 bits per heavy atom. The lowest BCUT2D eigenvalue weighted by Gasteiger charge is -2.02. The van der Waals surface area contributed by atoms with Gasteiger partial charge in [0, 0.05) is 23.9 Å². The van der Waals surface area contributed by atoms with E-state index in [9.17, 15) is 0 Å². The minimum absolute atomic E-state index is 0.685. The van der Waals surface area contributed by atoms with Gasteiger partial charge in [0.05, 0.1) is 11.9 Å². The molecule has 0 aromatic carbocycles. The van der Waals surface area contributed by atoms with Crippen LogP contribution in [0.1, 0.15) is 5.69 Å². The molecule has 0 aliphatic rings. The van der Waals surface area contributed by atoms with Crippen molar-refractivity contribution in [3.05, 3.63) is 36.3 Å². The number of thioether (sulfide) groups is 1. The molecule has 0 amide bonds. The number of anilines is 1. The average molecular weight is 235 g/mol. The molecule has 5 nitrogen and oxygen atoms in total. The lowest BCUT2D eigenvalue weighted by Crippen LogP contribution is -2.08. The van der Waals surface area contributed by atoms with Gasteiger partial charge < -0.3 is 5.43 Å². The average Bonchev–Trinajstić information content (AvgIpc) is 2.73. The minimum atomic E-state index is 0.685. The van der Waals surface area contributed by atoms with E-state index >= 15 is 0 Å². The first-order chi connectivity index (χ1) is 7.78. The number of nitrogens with one attached hydrogen (secondary N) is 1. The van der Waals surface area contributed by atoms with Crippen LogP contribution in [0.2, 0.25) is 0 Å². The lowest BCUT2D eigenvalue weighted by atomic mass is 10.4. The SMILES string of the molecule is Cn1cc(SCc2cccc(NN)n2)cn1. The van der Waals surface area contributed by atoms with Crippen LogP contribution in [0.25, 0.3) is 0 Å². The van der Waals surface area contributed by atoms with Crippen molar-refractivity contribution in [2.24, 2.45) is 12.9 Å². The highest BCUT2D eigenvalue weighted by molar-refractivity contribution is 7.98. The van der Waals surface area contributed by atoms with Gasteiger partial charge in [0.2, 0.25) is 0 Å². The Morgan fingerprint density at radius 3 is 3.06 bits per heavy atom. The summed E-state index contributed by atoms with van der Waals surface area (Å²) in [6.07, 6.45) is 3.82. The van der Waals surface area contributed by atoms with Crippen LogP contribution in [0.15, 0.2) is 35.5 Å². The smallest absolute Gasteiger partial charge is 0.140 e. The molecular formula is C10H13N5S. The summed E-state index contributed by atoms with van der Waals surface area (Å²) in [5.41, 5.74) is 3.52. The molecule has 0 atom stereocenters. The number of rotatable bonds is 4. The number of aromatic nitrogens is 3. The molecule has 2 aromatic heterocycles. The quantitative estimate of drug-likeness (QED) is 0.476. The number of hydrogen-bond donors (Lipinski definition) is 2. The molecule has 0 fully saturated rings. The topological polar surface area (TPSA) is 68.8 Å². The molecule has 0 bridgehead atoms. The van der Waals surface area contributed by atoms with Crippen LogP contribution in [0, 0.1) is 0 Å². The summed E-state index contributed by atoms with van der Waals surface area (Å²) in [6, 6.07) is 5.74. The van der Waals surface area contributed by atoms with Crippen molar-refractivity contribution in [2.75, 3.05) is 5.43 Å². The monoisotopic (exact) mass is 235 g/mol. The van der Waals surface area contributed by atoms with Gasteiger partial charge in [-0.3, -0.25) is 4.68 Å². The van der Waals surface area contributed by atoms with Crippen molar-refractivity contribution < 1.29 is 0 Å². The Kier molecular flexibility index (Phi) is 3.43. The first kappa shape index (κ1) is 11.0. The molecule has 0 radical (unpaired) electrons. The molecule has 0 spiro atoms. The van der Waals surface area contributed by atoms with Gasteiger partial charge in [-0.25, -0.2) is 10.8 Å². The molecule has 16 heavy (non-hydrogen) atoms. The van der Waals surface area contributed by atoms with Gasteiger partial charge >= 0.3 is 0 Å².